The lowest BCUT2D eigenvalue weighted by Gasteiger charge is -2.26. The van der Waals surface area contributed by atoms with Crippen molar-refractivity contribution in [1.82, 2.24) is 5.32 Å². The predicted octanol–water partition coefficient (Wildman–Crippen LogP) is 5.70. The van der Waals surface area contributed by atoms with Gasteiger partial charge in [0, 0.05) is 23.1 Å². The van der Waals surface area contributed by atoms with E-state index in [4.69, 9.17) is 4.74 Å². The fourth-order valence-corrected chi connectivity index (χ4v) is 4.12. The van der Waals surface area contributed by atoms with Crippen molar-refractivity contribution in [2.45, 2.75) is 90.5 Å². The standard InChI is InChI=1S/C14H19NO2.C11H21NO/c1-17-13-9-7-12(8-10-13)15-14(16)11-5-3-2-4-6-11;1-11(2,3)12-10(13)9-7-5-4-6-8-9/h7-11H,2-6H2,1H3,(H,15,16);9H,4-8H2,1-3H3,(H,12,13). The van der Waals surface area contributed by atoms with E-state index in [0.29, 0.717) is 0 Å². The van der Waals surface area contributed by atoms with Crippen LogP contribution in [0.2, 0.25) is 0 Å². The van der Waals surface area contributed by atoms with Crippen LogP contribution in [0, 0.1) is 11.8 Å². The molecule has 0 heterocycles. The third-order valence-corrected chi connectivity index (χ3v) is 5.81. The van der Waals surface area contributed by atoms with Crippen LogP contribution in [0.1, 0.15) is 85.0 Å². The molecule has 168 valence electrons. The van der Waals surface area contributed by atoms with E-state index < -0.39 is 0 Å². The molecule has 1 aromatic carbocycles. The Morgan fingerprint density at radius 1 is 0.800 bits per heavy atom. The highest BCUT2D eigenvalue weighted by Gasteiger charge is 2.24. The number of nitrogens with one attached hydrogen (secondary N) is 2. The summed E-state index contributed by atoms with van der Waals surface area (Å²) in [6.07, 6.45) is 11.6. The molecular weight excluding hydrogens is 376 g/mol. The molecule has 0 atom stereocenters. The summed E-state index contributed by atoms with van der Waals surface area (Å²) in [6, 6.07) is 7.46. The quantitative estimate of drug-likeness (QED) is 0.662. The molecule has 0 unspecified atom stereocenters. The summed E-state index contributed by atoms with van der Waals surface area (Å²) in [4.78, 5) is 23.7. The Labute approximate surface area is 182 Å². The second kappa shape index (κ2) is 12.0. The number of methoxy groups -OCH3 is 1. The largest absolute Gasteiger partial charge is 0.497 e. The zero-order chi connectivity index (χ0) is 22.0. The summed E-state index contributed by atoms with van der Waals surface area (Å²) in [7, 11) is 1.63. The fourth-order valence-electron chi connectivity index (χ4n) is 4.12. The van der Waals surface area contributed by atoms with Crippen molar-refractivity contribution in [1.29, 1.82) is 0 Å². The SMILES string of the molecule is CC(C)(C)NC(=O)C1CCCCC1.COc1ccc(NC(=O)C2CCCCC2)cc1. The van der Waals surface area contributed by atoms with Crippen molar-refractivity contribution in [2.75, 3.05) is 12.4 Å². The van der Waals surface area contributed by atoms with Crippen molar-refractivity contribution in [3.63, 3.8) is 0 Å². The number of carbonyl (C=O) groups is 2. The first-order valence-electron chi connectivity index (χ1n) is 11.6. The van der Waals surface area contributed by atoms with Crippen molar-refractivity contribution < 1.29 is 14.3 Å². The van der Waals surface area contributed by atoms with E-state index in [9.17, 15) is 9.59 Å². The smallest absolute Gasteiger partial charge is 0.227 e. The number of rotatable bonds is 4. The van der Waals surface area contributed by atoms with Gasteiger partial charge in [-0.15, -0.1) is 0 Å². The first kappa shape index (κ1) is 24.2. The lowest BCUT2D eigenvalue weighted by molar-refractivity contribution is -0.127. The van der Waals surface area contributed by atoms with E-state index in [-0.39, 0.29) is 29.2 Å². The maximum absolute atomic E-state index is 12.0. The van der Waals surface area contributed by atoms with Gasteiger partial charge in [-0.2, -0.15) is 0 Å². The minimum Gasteiger partial charge on any atom is -0.497 e. The average Bonchev–Trinajstić information content (AvgIpc) is 2.75. The molecule has 0 bridgehead atoms. The first-order valence-corrected chi connectivity index (χ1v) is 11.6. The monoisotopic (exact) mass is 416 g/mol. The molecule has 5 heteroatoms. The molecule has 0 radical (unpaired) electrons. The van der Waals surface area contributed by atoms with Crippen LogP contribution in [-0.2, 0) is 9.59 Å². The highest BCUT2D eigenvalue weighted by molar-refractivity contribution is 5.92. The minimum atomic E-state index is -0.0749. The van der Waals surface area contributed by atoms with Gasteiger partial charge < -0.3 is 15.4 Å². The van der Waals surface area contributed by atoms with E-state index in [1.54, 1.807) is 7.11 Å². The molecule has 0 spiro atoms. The summed E-state index contributed by atoms with van der Waals surface area (Å²) in [5.74, 6) is 1.71. The number of benzene rings is 1. The predicted molar refractivity (Wildman–Crippen MR) is 123 cm³/mol. The molecule has 1 aromatic rings. The first-order chi connectivity index (χ1) is 14.3. The van der Waals surface area contributed by atoms with E-state index in [0.717, 1.165) is 37.1 Å². The molecule has 30 heavy (non-hydrogen) atoms. The maximum atomic E-state index is 12.0. The lowest BCUT2D eigenvalue weighted by Crippen LogP contribution is -2.44. The summed E-state index contributed by atoms with van der Waals surface area (Å²) in [6.45, 7) is 6.11. The minimum absolute atomic E-state index is 0.0749. The van der Waals surface area contributed by atoms with Gasteiger partial charge in [-0.25, -0.2) is 0 Å². The highest BCUT2D eigenvalue weighted by atomic mass is 16.5. The number of carbonyl (C=O) groups excluding carboxylic acids is 2. The molecule has 5 nitrogen and oxygen atoms in total. The zero-order valence-electron chi connectivity index (χ0n) is 19.3. The van der Waals surface area contributed by atoms with Crippen molar-refractivity contribution in [3.05, 3.63) is 24.3 Å². The Balaban J connectivity index is 0.000000222. The molecule has 2 saturated carbocycles. The third kappa shape index (κ3) is 8.76. The Bertz CT molecular complexity index is 652. The van der Waals surface area contributed by atoms with Gasteiger partial charge in [0.15, 0.2) is 0 Å². The van der Waals surface area contributed by atoms with Gasteiger partial charge in [-0.05, 0) is 70.7 Å². The van der Waals surface area contributed by atoms with Gasteiger partial charge in [0.25, 0.3) is 0 Å². The van der Waals surface area contributed by atoms with Crippen molar-refractivity contribution in [3.8, 4) is 5.75 Å². The number of hydrogen-bond acceptors (Lipinski definition) is 3. The van der Waals surface area contributed by atoms with Crippen LogP contribution < -0.4 is 15.4 Å². The van der Waals surface area contributed by atoms with Crippen LogP contribution in [0.25, 0.3) is 0 Å². The van der Waals surface area contributed by atoms with E-state index in [2.05, 4.69) is 10.6 Å². The summed E-state index contributed by atoms with van der Waals surface area (Å²) >= 11 is 0. The highest BCUT2D eigenvalue weighted by Crippen LogP contribution is 2.26. The summed E-state index contributed by atoms with van der Waals surface area (Å²) < 4.78 is 5.08. The number of anilines is 1. The van der Waals surface area contributed by atoms with Gasteiger partial charge in [-0.3, -0.25) is 9.59 Å². The number of ether oxygens (including phenoxy) is 1. The van der Waals surface area contributed by atoms with Gasteiger partial charge in [0.05, 0.1) is 7.11 Å². The second-order valence-corrected chi connectivity index (χ2v) is 9.63. The molecule has 2 amide bonds. The molecular formula is C25H40N2O3. The molecule has 0 saturated heterocycles. The van der Waals surface area contributed by atoms with Crippen LogP contribution >= 0.6 is 0 Å². The normalized spacial score (nSPS) is 18.0. The average molecular weight is 417 g/mol. The lowest BCUT2D eigenvalue weighted by atomic mass is 9.88. The third-order valence-electron chi connectivity index (χ3n) is 5.81. The second-order valence-electron chi connectivity index (χ2n) is 9.63. The van der Waals surface area contributed by atoms with E-state index in [1.165, 1.54) is 38.5 Å². The van der Waals surface area contributed by atoms with Crippen LogP contribution in [0.4, 0.5) is 5.69 Å². The van der Waals surface area contributed by atoms with Gasteiger partial charge in [0.2, 0.25) is 11.8 Å². The summed E-state index contributed by atoms with van der Waals surface area (Å²) in [5.41, 5.74) is 0.774. The molecule has 2 aliphatic carbocycles. The summed E-state index contributed by atoms with van der Waals surface area (Å²) in [5, 5.41) is 6.02. The van der Waals surface area contributed by atoms with Gasteiger partial charge >= 0.3 is 0 Å². The van der Waals surface area contributed by atoms with Crippen molar-refractivity contribution in [2.24, 2.45) is 11.8 Å². The molecule has 3 rings (SSSR count). The van der Waals surface area contributed by atoms with Crippen LogP contribution in [0.15, 0.2) is 24.3 Å². The van der Waals surface area contributed by atoms with E-state index in [1.807, 2.05) is 45.0 Å². The molecule has 2 fully saturated rings. The van der Waals surface area contributed by atoms with Crippen LogP contribution in [0.3, 0.4) is 0 Å². The molecule has 0 aliphatic heterocycles. The van der Waals surface area contributed by atoms with Gasteiger partial charge in [-0.1, -0.05) is 38.5 Å². The molecule has 0 aromatic heterocycles. The topological polar surface area (TPSA) is 67.4 Å². The number of hydrogen-bond donors (Lipinski definition) is 2. The Hall–Kier alpha value is -2.04. The van der Waals surface area contributed by atoms with Gasteiger partial charge in [0.1, 0.15) is 5.75 Å². The zero-order valence-corrected chi connectivity index (χ0v) is 19.3. The number of amides is 2. The Kier molecular flexibility index (Phi) is 9.67. The van der Waals surface area contributed by atoms with Crippen LogP contribution in [0.5, 0.6) is 5.75 Å². The Morgan fingerprint density at radius 2 is 1.27 bits per heavy atom. The van der Waals surface area contributed by atoms with Crippen LogP contribution in [-0.4, -0.2) is 24.5 Å². The molecule has 2 N–H and O–H groups in total. The van der Waals surface area contributed by atoms with Crippen molar-refractivity contribution >= 4 is 17.5 Å². The maximum Gasteiger partial charge on any atom is 0.227 e. The Morgan fingerprint density at radius 3 is 1.70 bits per heavy atom. The van der Waals surface area contributed by atoms with E-state index >= 15 is 0 Å². The fraction of sp³-hybridized carbons (Fsp3) is 0.680. The molecule has 2 aliphatic rings.